The standard InChI is InChI=1S/C11H13ClO3/c1-7-3-4-9(12)5-8(7)6-10(13)11(14)15-2/h3-5,10,13H,6H2,1-2H3. The first-order valence-electron chi connectivity index (χ1n) is 4.55. The number of rotatable bonds is 3. The van der Waals surface area contributed by atoms with Crippen molar-refractivity contribution in [2.45, 2.75) is 19.4 Å². The quantitative estimate of drug-likeness (QED) is 0.802. The molecule has 0 aliphatic heterocycles. The molecule has 0 aliphatic carbocycles. The molecular formula is C11H13ClO3. The van der Waals surface area contributed by atoms with Gasteiger partial charge < -0.3 is 9.84 Å². The number of benzene rings is 1. The molecule has 4 heteroatoms. The van der Waals surface area contributed by atoms with Gasteiger partial charge in [0.1, 0.15) is 0 Å². The zero-order valence-electron chi connectivity index (χ0n) is 8.66. The average Bonchev–Trinajstić information content (AvgIpc) is 2.22. The molecule has 1 atom stereocenters. The maximum atomic E-state index is 11.0. The van der Waals surface area contributed by atoms with Gasteiger partial charge in [0.25, 0.3) is 0 Å². The Morgan fingerprint density at radius 1 is 1.60 bits per heavy atom. The zero-order chi connectivity index (χ0) is 11.4. The molecule has 0 amide bonds. The van der Waals surface area contributed by atoms with Gasteiger partial charge in [-0.15, -0.1) is 0 Å². The number of halogens is 1. The number of methoxy groups -OCH3 is 1. The Bertz CT molecular complexity index is 363. The Labute approximate surface area is 93.6 Å². The third-order valence-corrected chi connectivity index (χ3v) is 2.43. The van der Waals surface area contributed by atoms with Gasteiger partial charge in [-0.25, -0.2) is 4.79 Å². The molecule has 0 bridgehead atoms. The lowest BCUT2D eigenvalue weighted by Gasteiger charge is -2.10. The summed E-state index contributed by atoms with van der Waals surface area (Å²) < 4.78 is 4.43. The highest BCUT2D eigenvalue weighted by Crippen LogP contribution is 2.17. The van der Waals surface area contributed by atoms with Crippen LogP contribution >= 0.6 is 11.6 Å². The molecule has 82 valence electrons. The van der Waals surface area contributed by atoms with E-state index in [0.29, 0.717) is 5.02 Å². The number of aliphatic hydroxyl groups excluding tert-OH is 1. The average molecular weight is 229 g/mol. The highest BCUT2D eigenvalue weighted by atomic mass is 35.5. The largest absolute Gasteiger partial charge is 0.467 e. The molecule has 0 saturated heterocycles. The molecule has 0 heterocycles. The van der Waals surface area contributed by atoms with Crippen molar-refractivity contribution in [2.24, 2.45) is 0 Å². The van der Waals surface area contributed by atoms with E-state index < -0.39 is 12.1 Å². The molecule has 0 aromatic heterocycles. The molecule has 0 aliphatic rings. The van der Waals surface area contributed by atoms with E-state index in [1.165, 1.54) is 7.11 Å². The molecule has 0 spiro atoms. The van der Waals surface area contributed by atoms with E-state index in [4.69, 9.17) is 11.6 Å². The van der Waals surface area contributed by atoms with Gasteiger partial charge in [0.2, 0.25) is 0 Å². The second-order valence-electron chi connectivity index (χ2n) is 3.31. The predicted octanol–water partition coefficient (Wildman–Crippen LogP) is 1.72. The third kappa shape index (κ3) is 3.22. The van der Waals surface area contributed by atoms with Crippen LogP contribution in [0.3, 0.4) is 0 Å². The lowest BCUT2D eigenvalue weighted by atomic mass is 10.0. The van der Waals surface area contributed by atoms with Gasteiger partial charge >= 0.3 is 5.97 Å². The maximum absolute atomic E-state index is 11.0. The normalized spacial score (nSPS) is 12.3. The summed E-state index contributed by atoms with van der Waals surface area (Å²) >= 11 is 5.82. The van der Waals surface area contributed by atoms with Crippen LogP contribution < -0.4 is 0 Å². The molecule has 1 rings (SSSR count). The van der Waals surface area contributed by atoms with Crippen molar-refractivity contribution in [2.75, 3.05) is 7.11 Å². The fourth-order valence-electron chi connectivity index (χ4n) is 1.29. The summed E-state index contributed by atoms with van der Waals surface area (Å²) in [6.07, 6.45) is -0.911. The second-order valence-corrected chi connectivity index (χ2v) is 3.75. The molecule has 0 saturated carbocycles. The number of aryl methyl sites for hydroxylation is 1. The summed E-state index contributed by atoms with van der Waals surface area (Å²) in [5.74, 6) is -0.630. The van der Waals surface area contributed by atoms with Gasteiger partial charge in [0.15, 0.2) is 6.10 Å². The highest BCUT2D eigenvalue weighted by molar-refractivity contribution is 6.30. The Balaban J connectivity index is 2.80. The maximum Gasteiger partial charge on any atom is 0.335 e. The molecule has 3 nitrogen and oxygen atoms in total. The Kier molecular flexibility index (Phi) is 4.12. The molecule has 1 aromatic carbocycles. The fourth-order valence-corrected chi connectivity index (χ4v) is 1.48. The summed E-state index contributed by atoms with van der Waals surface area (Å²) in [6, 6.07) is 5.36. The van der Waals surface area contributed by atoms with Gasteiger partial charge in [0.05, 0.1) is 7.11 Å². The monoisotopic (exact) mass is 228 g/mol. The number of carbonyl (C=O) groups is 1. The van der Waals surface area contributed by atoms with Crippen molar-refractivity contribution in [3.63, 3.8) is 0 Å². The minimum Gasteiger partial charge on any atom is -0.467 e. The lowest BCUT2D eigenvalue weighted by molar-refractivity contribution is -0.150. The van der Waals surface area contributed by atoms with Crippen LogP contribution in [-0.4, -0.2) is 24.3 Å². The van der Waals surface area contributed by atoms with E-state index in [1.54, 1.807) is 12.1 Å². The molecular weight excluding hydrogens is 216 g/mol. The number of hydrogen-bond donors (Lipinski definition) is 1. The van der Waals surface area contributed by atoms with Crippen molar-refractivity contribution in [3.8, 4) is 0 Å². The number of ether oxygens (including phenoxy) is 1. The summed E-state index contributed by atoms with van der Waals surface area (Å²) in [5.41, 5.74) is 1.84. The molecule has 15 heavy (non-hydrogen) atoms. The number of hydrogen-bond acceptors (Lipinski definition) is 3. The SMILES string of the molecule is COC(=O)C(O)Cc1cc(Cl)ccc1C. The van der Waals surface area contributed by atoms with Crippen LogP contribution in [0.4, 0.5) is 0 Å². The van der Waals surface area contributed by atoms with E-state index in [0.717, 1.165) is 11.1 Å². The molecule has 0 fully saturated rings. The minimum atomic E-state index is -1.13. The van der Waals surface area contributed by atoms with Gasteiger partial charge in [-0.3, -0.25) is 0 Å². The summed E-state index contributed by atoms with van der Waals surface area (Å²) in [7, 11) is 1.25. The molecule has 1 N–H and O–H groups in total. The molecule has 1 aromatic rings. The first-order chi connectivity index (χ1) is 7.04. The minimum absolute atomic E-state index is 0.221. The first kappa shape index (κ1) is 12.0. The van der Waals surface area contributed by atoms with Crippen LogP contribution in [-0.2, 0) is 16.0 Å². The van der Waals surface area contributed by atoms with Crippen molar-refractivity contribution in [1.82, 2.24) is 0 Å². The van der Waals surface area contributed by atoms with Crippen LogP contribution in [0.5, 0.6) is 0 Å². The van der Waals surface area contributed by atoms with Crippen molar-refractivity contribution in [3.05, 3.63) is 34.3 Å². The van der Waals surface area contributed by atoms with Crippen molar-refractivity contribution in [1.29, 1.82) is 0 Å². The van der Waals surface area contributed by atoms with Crippen LogP contribution in [0, 0.1) is 6.92 Å². The highest BCUT2D eigenvalue weighted by Gasteiger charge is 2.16. The van der Waals surface area contributed by atoms with Crippen LogP contribution in [0.2, 0.25) is 5.02 Å². The van der Waals surface area contributed by atoms with E-state index in [2.05, 4.69) is 4.74 Å². The van der Waals surface area contributed by atoms with E-state index >= 15 is 0 Å². The lowest BCUT2D eigenvalue weighted by Crippen LogP contribution is -2.24. The van der Waals surface area contributed by atoms with Crippen LogP contribution in [0.1, 0.15) is 11.1 Å². The van der Waals surface area contributed by atoms with E-state index in [1.807, 2.05) is 13.0 Å². The molecule has 0 radical (unpaired) electrons. The van der Waals surface area contributed by atoms with Crippen molar-refractivity contribution < 1.29 is 14.6 Å². The topological polar surface area (TPSA) is 46.5 Å². The number of aliphatic hydroxyl groups is 1. The summed E-state index contributed by atoms with van der Waals surface area (Å²) in [4.78, 5) is 11.0. The summed E-state index contributed by atoms with van der Waals surface area (Å²) in [6.45, 7) is 1.90. The smallest absolute Gasteiger partial charge is 0.335 e. The van der Waals surface area contributed by atoms with Crippen LogP contribution in [0.15, 0.2) is 18.2 Å². The molecule has 1 unspecified atom stereocenters. The van der Waals surface area contributed by atoms with Gasteiger partial charge in [-0.2, -0.15) is 0 Å². The number of esters is 1. The summed E-state index contributed by atoms with van der Waals surface area (Å²) in [5, 5.41) is 10.1. The van der Waals surface area contributed by atoms with E-state index in [9.17, 15) is 9.90 Å². The third-order valence-electron chi connectivity index (χ3n) is 2.20. The first-order valence-corrected chi connectivity index (χ1v) is 4.93. The Hall–Kier alpha value is -1.06. The van der Waals surface area contributed by atoms with Gasteiger partial charge in [-0.1, -0.05) is 17.7 Å². The Morgan fingerprint density at radius 3 is 2.87 bits per heavy atom. The fraction of sp³-hybridized carbons (Fsp3) is 0.364. The predicted molar refractivity (Wildman–Crippen MR) is 57.9 cm³/mol. The second kappa shape index (κ2) is 5.14. The number of carbonyl (C=O) groups excluding carboxylic acids is 1. The van der Waals surface area contributed by atoms with Gasteiger partial charge in [-0.05, 0) is 30.2 Å². The van der Waals surface area contributed by atoms with Gasteiger partial charge in [0, 0.05) is 11.4 Å². The van der Waals surface area contributed by atoms with E-state index in [-0.39, 0.29) is 6.42 Å². The van der Waals surface area contributed by atoms with Crippen LogP contribution in [0.25, 0.3) is 0 Å². The zero-order valence-corrected chi connectivity index (χ0v) is 9.41. The van der Waals surface area contributed by atoms with Crippen molar-refractivity contribution >= 4 is 17.6 Å². The Morgan fingerprint density at radius 2 is 2.27 bits per heavy atom.